The minimum absolute atomic E-state index is 0.0560. The van der Waals surface area contributed by atoms with Crippen LogP contribution in [0.15, 0.2) is 0 Å². The first-order valence-corrected chi connectivity index (χ1v) is 6.18. The molecular weight excluding hydrogens is 218 g/mol. The largest absolute Gasteiger partial charge is 0.381 e. The van der Waals surface area contributed by atoms with Gasteiger partial charge in [0.1, 0.15) is 0 Å². The summed E-state index contributed by atoms with van der Waals surface area (Å²) in [6, 6.07) is 0. The molecule has 0 saturated carbocycles. The molecule has 0 bridgehead atoms. The number of guanidine groups is 2. The lowest BCUT2D eigenvalue weighted by Gasteiger charge is -2.08. The molecular formula is C11H25N5O. The van der Waals surface area contributed by atoms with Gasteiger partial charge in [-0.2, -0.15) is 0 Å². The lowest BCUT2D eigenvalue weighted by molar-refractivity contribution is 0.128. The second kappa shape index (κ2) is 11.2. The number of rotatable bonds is 9. The van der Waals surface area contributed by atoms with Gasteiger partial charge in [0.2, 0.25) is 0 Å². The highest BCUT2D eigenvalue weighted by molar-refractivity contribution is 5.94. The van der Waals surface area contributed by atoms with Crippen LogP contribution < -0.4 is 16.4 Å². The van der Waals surface area contributed by atoms with Crippen molar-refractivity contribution in [3.05, 3.63) is 0 Å². The molecule has 6 heteroatoms. The maximum absolute atomic E-state index is 7.33. The van der Waals surface area contributed by atoms with E-state index in [-0.39, 0.29) is 11.9 Å². The number of hydrogen-bond acceptors (Lipinski definition) is 3. The summed E-state index contributed by atoms with van der Waals surface area (Å²) in [4.78, 5) is 0. The summed E-state index contributed by atoms with van der Waals surface area (Å²) in [5, 5.41) is 19.4. The zero-order chi connectivity index (χ0) is 12.9. The van der Waals surface area contributed by atoms with E-state index < -0.39 is 0 Å². The third-order valence-electron chi connectivity index (χ3n) is 2.17. The second-order valence-corrected chi connectivity index (χ2v) is 3.87. The fourth-order valence-corrected chi connectivity index (χ4v) is 1.30. The molecule has 0 saturated heterocycles. The van der Waals surface area contributed by atoms with E-state index in [1.807, 2.05) is 0 Å². The Hall–Kier alpha value is -1.30. The number of hydrogen-bond donors (Lipinski definition) is 5. The fourth-order valence-electron chi connectivity index (χ4n) is 1.30. The molecule has 0 aliphatic heterocycles. The van der Waals surface area contributed by atoms with Crippen LogP contribution in [-0.2, 0) is 4.74 Å². The van der Waals surface area contributed by atoms with Gasteiger partial charge in [-0.25, -0.2) is 0 Å². The minimum Gasteiger partial charge on any atom is -0.381 e. The fraction of sp³-hybridized carbons (Fsp3) is 0.818. The van der Waals surface area contributed by atoms with Crippen molar-refractivity contribution in [3.63, 3.8) is 0 Å². The Morgan fingerprint density at radius 3 is 2.47 bits per heavy atom. The van der Waals surface area contributed by atoms with Crippen LogP contribution in [0.4, 0.5) is 0 Å². The monoisotopic (exact) mass is 243 g/mol. The summed E-state index contributed by atoms with van der Waals surface area (Å²) < 4.78 is 5.45. The maximum atomic E-state index is 7.33. The molecule has 6 N–H and O–H groups in total. The van der Waals surface area contributed by atoms with Crippen LogP contribution in [0.2, 0.25) is 0 Å². The van der Waals surface area contributed by atoms with Gasteiger partial charge in [-0.05, 0) is 12.8 Å². The molecule has 6 nitrogen and oxygen atoms in total. The summed E-state index contributed by atoms with van der Waals surface area (Å²) in [6.45, 7) is 4.36. The number of nitrogens with one attached hydrogen (secondary N) is 4. The molecule has 17 heavy (non-hydrogen) atoms. The predicted molar refractivity (Wildman–Crippen MR) is 70.4 cm³/mol. The first-order valence-electron chi connectivity index (χ1n) is 6.18. The van der Waals surface area contributed by atoms with E-state index in [9.17, 15) is 0 Å². The Morgan fingerprint density at radius 2 is 1.82 bits per heavy atom. The number of nitrogens with two attached hydrogens (primary N) is 1. The van der Waals surface area contributed by atoms with Crippen LogP contribution in [0, 0.1) is 10.8 Å². The van der Waals surface area contributed by atoms with Crippen molar-refractivity contribution in [2.75, 3.05) is 19.8 Å². The smallest absolute Gasteiger partial charge is 0.195 e. The Kier molecular flexibility index (Phi) is 10.3. The van der Waals surface area contributed by atoms with E-state index in [4.69, 9.17) is 21.3 Å². The van der Waals surface area contributed by atoms with Gasteiger partial charge in [-0.15, -0.1) is 0 Å². The lowest BCUT2D eigenvalue weighted by atomic mass is 10.2. The van der Waals surface area contributed by atoms with Gasteiger partial charge in [0.15, 0.2) is 11.9 Å². The number of ether oxygens (including phenoxy) is 1. The maximum Gasteiger partial charge on any atom is 0.195 e. The van der Waals surface area contributed by atoms with Gasteiger partial charge in [0.25, 0.3) is 0 Å². The first-order chi connectivity index (χ1) is 8.16. The Labute approximate surface area is 103 Å². The molecule has 0 spiro atoms. The molecule has 0 heterocycles. The van der Waals surface area contributed by atoms with Gasteiger partial charge < -0.3 is 15.8 Å². The highest BCUT2D eigenvalue weighted by atomic mass is 16.5. The van der Waals surface area contributed by atoms with Crippen molar-refractivity contribution in [1.29, 1.82) is 10.8 Å². The van der Waals surface area contributed by atoms with Crippen molar-refractivity contribution in [2.45, 2.75) is 39.0 Å². The summed E-state index contributed by atoms with van der Waals surface area (Å²) in [7, 11) is 0. The molecule has 0 aliphatic rings. The third-order valence-corrected chi connectivity index (χ3v) is 2.17. The van der Waals surface area contributed by atoms with Crippen LogP contribution in [0.1, 0.15) is 39.0 Å². The third kappa shape index (κ3) is 12.6. The predicted octanol–water partition coefficient (Wildman–Crippen LogP) is 0.981. The molecule has 0 amide bonds. The van der Waals surface area contributed by atoms with E-state index in [0.717, 1.165) is 19.4 Å². The molecule has 100 valence electrons. The molecule has 0 rings (SSSR count). The highest BCUT2D eigenvalue weighted by Crippen LogP contribution is 1.98. The normalized spacial score (nSPS) is 9.94. The van der Waals surface area contributed by atoms with E-state index >= 15 is 0 Å². The molecule has 0 radical (unpaired) electrons. The SMILES string of the molecule is CCCCCCOCCCNC(=N)NC(=N)N. The number of unbranched alkanes of at least 4 members (excludes halogenated alkanes) is 3. The van der Waals surface area contributed by atoms with Crippen LogP contribution >= 0.6 is 0 Å². The van der Waals surface area contributed by atoms with Gasteiger partial charge in [0.05, 0.1) is 0 Å². The minimum atomic E-state index is -0.227. The van der Waals surface area contributed by atoms with Gasteiger partial charge in [0, 0.05) is 19.8 Å². The quantitative estimate of drug-likeness (QED) is 0.236. The Morgan fingerprint density at radius 1 is 1.12 bits per heavy atom. The summed E-state index contributed by atoms with van der Waals surface area (Å²) in [5.41, 5.74) is 5.07. The topological polar surface area (TPSA) is 107 Å². The molecule has 0 aromatic rings. The second-order valence-electron chi connectivity index (χ2n) is 3.87. The van der Waals surface area contributed by atoms with Crippen LogP contribution in [0.5, 0.6) is 0 Å². The van der Waals surface area contributed by atoms with Crippen LogP contribution in [0.25, 0.3) is 0 Å². The van der Waals surface area contributed by atoms with Crippen LogP contribution in [-0.4, -0.2) is 31.7 Å². The Balaban J connectivity index is 3.13. The van der Waals surface area contributed by atoms with Crippen molar-refractivity contribution in [1.82, 2.24) is 10.6 Å². The molecule has 0 fully saturated rings. The molecule has 0 atom stereocenters. The van der Waals surface area contributed by atoms with Crippen molar-refractivity contribution >= 4 is 11.9 Å². The van der Waals surface area contributed by atoms with Crippen molar-refractivity contribution in [2.24, 2.45) is 5.73 Å². The summed E-state index contributed by atoms with van der Waals surface area (Å²) >= 11 is 0. The highest BCUT2D eigenvalue weighted by Gasteiger charge is 1.95. The van der Waals surface area contributed by atoms with E-state index in [2.05, 4.69) is 17.6 Å². The Bertz CT molecular complexity index is 220. The van der Waals surface area contributed by atoms with Crippen molar-refractivity contribution in [3.8, 4) is 0 Å². The summed E-state index contributed by atoms with van der Waals surface area (Å²) in [5.74, 6) is -0.171. The van der Waals surface area contributed by atoms with Crippen molar-refractivity contribution < 1.29 is 4.74 Å². The summed E-state index contributed by atoms with van der Waals surface area (Å²) in [6.07, 6.45) is 5.73. The molecule has 0 aromatic carbocycles. The van der Waals surface area contributed by atoms with Gasteiger partial charge in [-0.1, -0.05) is 26.2 Å². The van der Waals surface area contributed by atoms with E-state index in [0.29, 0.717) is 13.2 Å². The molecule has 0 aliphatic carbocycles. The standard InChI is InChI=1S/C11H25N5O/c1-2-3-4-5-8-17-9-6-7-15-11(14)16-10(12)13/h2-9H2,1H3,(H6,12,13,14,15,16). The zero-order valence-corrected chi connectivity index (χ0v) is 10.6. The first kappa shape index (κ1) is 15.7. The van der Waals surface area contributed by atoms with Crippen LogP contribution in [0.3, 0.4) is 0 Å². The average Bonchev–Trinajstić information content (AvgIpc) is 2.26. The molecule has 0 unspecified atom stereocenters. The van der Waals surface area contributed by atoms with E-state index in [1.54, 1.807) is 0 Å². The van der Waals surface area contributed by atoms with Gasteiger partial charge in [-0.3, -0.25) is 16.1 Å². The average molecular weight is 243 g/mol. The zero-order valence-electron chi connectivity index (χ0n) is 10.6. The lowest BCUT2D eigenvalue weighted by Crippen LogP contribution is -2.43. The molecule has 0 aromatic heterocycles. The van der Waals surface area contributed by atoms with Gasteiger partial charge >= 0.3 is 0 Å². The van der Waals surface area contributed by atoms with E-state index in [1.165, 1.54) is 19.3 Å².